The summed E-state index contributed by atoms with van der Waals surface area (Å²) in [5.41, 5.74) is 5.55. The fourth-order valence-electron chi connectivity index (χ4n) is 2.34. The third-order valence-corrected chi connectivity index (χ3v) is 6.43. The van der Waals surface area contributed by atoms with E-state index in [2.05, 4.69) is 23.6 Å². The Kier molecular flexibility index (Phi) is 6.37. The van der Waals surface area contributed by atoms with Gasteiger partial charge in [-0.25, -0.2) is 8.42 Å². The minimum Gasteiger partial charge on any atom is -0.392 e. The van der Waals surface area contributed by atoms with Gasteiger partial charge in [0, 0.05) is 31.9 Å². The van der Waals surface area contributed by atoms with Crippen molar-refractivity contribution in [2.45, 2.75) is 32.7 Å². The van der Waals surface area contributed by atoms with Crippen molar-refractivity contribution in [2.75, 3.05) is 44.2 Å². The molecule has 0 bridgehead atoms. The Bertz CT molecular complexity index is 427. The van der Waals surface area contributed by atoms with E-state index < -0.39 is 9.84 Å². The number of thiocarbonyl (C=S) groups is 1. The first-order valence-corrected chi connectivity index (χ1v) is 9.39. The average Bonchev–Trinajstić information content (AvgIpc) is 2.39. The van der Waals surface area contributed by atoms with E-state index in [0.717, 1.165) is 39.1 Å². The minimum absolute atomic E-state index is 0.239. The van der Waals surface area contributed by atoms with Crippen molar-refractivity contribution in [1.82, 2.24) is 9.80 Å². The molecule has 0 spiro atoms. The summed E-state index contributed by atoms with van der Waals surface area (Å²) in [4.78, 5) is 5.14. The lowest BCUT2D eigenvalue weighted by molar-refractivity contribution is 0.0862. The van der Waals surface area contributed by atoms with Crippen LogP contribution in [0, 0.1) is 0 Å². The van der Waals surface area contributed by atoms with Crippen LogP contribution in [0.25, 0.3) is 0 Å². The van der Waals surface area contributed by atoms with Gasteiger partial charge in [0.2, 0.25) is 0 Å². The Hall–Kier alpha value is -0.240. The van der Waals surface area contributed by atoms with Crippen molar-refractivity contribution in [1.29, 1.82) is 0 Å². The summed E-state index contributed by atoms with van der Waals surface area (Å²) in [6, 6.07) is 0. The van der Waals surface area contributed by atoms with Gasteiger partial charge in [-0.1, -0.05) is 19.1 Å². The van der Waals surface area contributed by atoms with E-state index in [4.69, 9.17) is 18.0 Å². The lowest BCUT2D eigenvalue weighted by atomic mass is 10.0. The number of hydrogen-bond donors (Lipinski definition) is 1. The normalized spacial score (nSPS) is 19.1. The molecule has 0 saturated carbocycles. The molecule has 2 N–H and O–H groups in total. The summed E-state index contributed by atoms with van der Waals surface area (Å²) in [5, 5.41) is 0. The number of nitrogens with two attached hydrogens (primary N) is 1. The van der Waals surface area contributed by atoms with Crippen LogP contribution in [0.3, 0.4) is 0 Å². The van der Waals surface area contributed by atoms with E-state index >= 15 is 0 Å². The molecule has 1 aliphatic heterocycles. The van der Waals surface area contributed by atoms with Crippen molar-refractivity contribution in [3.63, 3.8) is 0 Å². The van der Waals surface area contributed by atoms with E-state index in [1.807, 2.05) is 0 Å². The second kappa shape index (κ2) is 7.15. The predicted octanol–water partition coefficient (Wildman–Crippen LogP) is 0.494. The quantitative estimate of drug-likeness (QED) is 0.689. The van der Waals surface area contributed by atoms with Crippen LogP contribution < -0.4 is 5.73 Å². The third kappa shape index (κ3) is 4.95. The molecule has 1 fully saturated rings. The SMILES string of the molecule is CCS(=O)(=O)CCCN1CCN(C(C)(C)C(N)=S)CC1. The molecule has 20 heavy (non-hydrogen) atoms. The molecule has 1 rings (SSSR count). The smallest absolute Gasteiger partial charge is 0.150 e. The molecule has 1 heterocycles. The Morgan fingerprint density at radius 3 is 2.25 bits per heavy atom. The lowest BCUT2D eigenvalue weighted by Crippen LogP contribution is -2.59. The molecule has 0 radical (unpaired) electrons. The zero-order valence-corrected chi connectivity index (χ0v) is 14.4. The van der Waals surface area contributed by atoms with Gasteiger partial charge in [-0.15, -0.1) is 0 Å². The monoisotopic (exact) mass is 321 g/mol. The summed E-state index contributed by atoms with van der Waals surface area (Å²) >= 11 is 5.12. The highest BCUT2D eigenvalue weighted by molar-refractivity contribution is 7.91. The van der Waals surface area contributed by atoms with Crippen LogP contribution in [0.4, 0.5) is 0 Å². The fourth-order valence-corrected chi connectivity index (χ4v) is 3.33. The zero-order chi connectivity index (χ0) is 15.4. The van der Waals surface area contributed by atoms with Gasteiger partial charge in [0.15, 0.2) is 0 Å². The highest BCUT2D eigenvalue weighted by Gasteiger charge is 2.32. The average molecular weight is 322 g/mol. The largest absolute Gasteiger partial charge is 0.392 e. The van der Waals surface area contributed by atoms with Crippen LogP contribution in [0.1, 0.15) is 27.2 Å². The topological polar surface area (TPSA) is 66.6 Å². The maximum atomic E-state index is 11.4. The number of hydrogen-bond acceptors (Lipinski definition) is 5. The Balaban J connectivity index is 2.35. The van der Waals surface area contributed by atoms with Crippen molar-refractivity contribution < 1.29 is 8.42 Å². The van der Waals surface area contributed by atoms with E-state index in [1.54, 1.807) is 6.92 Å². The first kappa shape index (κ1) is 17.8. The summed E-state index contributed by atoms with van der Waals surface area (Å²) in [5.74, 6) is 0.533. The third-order valence-electron chi connectivity index (χ3n) is 4.14. The van der Waals surface area contributed by atoms with E-state index in [-0.39, 0.29) is 11.3 Å². The summed E-state index contributed by atoms with van der Waals surface area (Å²) < 4.78 is 22.9. The lowest BCUT2D eigenvalue weighted by Gasteiger charge is -2.43. The van der Waals surface area contributed by atoms with Crippen LogP contribution in [0.5, 0.6) is 0 Å². The van der Waals surface area contributed by atoms with E-state index in [1.165, 1.54) is 0 Å². The van der Waals surface area contributed by atoms with Gasteiger partial charge in [0.25, 0.3) is 0 Å². The standard InChI is InChI=1S/C13H27N3O2S2/c1-4-20(17,18)11-5-6-15-7-9-16(10-8-15)13(2,3)12(14)19/h4-11H2,1-3H3,(H2,14,19). The molecule has 0 aromatic carbocycles. The first-order chi connectivity index (χ1) is 9.19. The van der Waals surface area contributed by atoms with E-state index in [9.17, 15) is 8.42 Å². The van der Waals surface area contributed by atoms with Crippen LogP contribution in [0.15, 0.2) is 0 Å². The summed E-state index contributed by atoms with van der Waals surface area (Å²) in [6.07, 6.45) is 0.717. The zero-order valence-electron chi connectivity index (χ0n) is 12.8. The molecule has 118 valence electrons. The molecular formula is C13H27N3O2S2. The Morgan fingerprint density at radius 1 is 1.25 bits per heavy atom. The van der Waals surface area contributed by atoms with Gasteiger partial charge < -0.3 is 10.6 Å². The number of sulfone groups is 1. The van der Waals surface area contributed by atoms with Gasteiger partial charge in [0.05, 0.1) is 16.3 Å². The van der Waals surface area contributed by atoms with Crippen molar-refractivity contribution >= 4 is 27.0 Å². The van der Waals surface area contributed by atoms with Crippen LogP contribution in [-0.4, -0.2) is 73.0 Å². The van der Waals surface area contributed by atoms with Crippen LogP contribution in [0.2, 0.25) is 0 Å². The molecule has 0 aliphatic carbocycles. The Labute approximate surface area is 128 Å². The highest BCUT2D eigenvalue weighted by atomic mass is 32.2. The van der Waals surface area contributed by atoms with Gasteiger partial charge in [-0.2, -0.15) is 0 Å². The number of nitrogens with zero attached hydrogens (tertiary/aromatic N) is 2. The molecular weight excluding hydrogens is 294 g/mol. The first-order valence-electron chi connectivity index (χ1n) is 7.17. The molecule has 0 aromatic rings. The van der Waals surface area contributed by atoms with Crippen molar-refractivity contribution in [3.8, 4) is 0 Å². The van der Waals surface area contributed by atoms with Gasteiger partial charge >= 0.3 is 0 Å². The van der Waals surface area contributed by atoms with Crippen molar-refractivity contribution in [2.24, 2.45) is 5.73 Å². The van der Waals surface area contributed by atoms with Gasteiger partial charge in [-0.05, 0) is 26.8 Å². The van der Waals surface area contributed by atoms with Crippen molar-refractivity contribution in [3.05, 3.63) is 0 Å². The summed E-state index contributed by atoms with van der Waals surface area (Å²) in [6.45, 7) is 10.4. The summed E-state index contributed by atoms with van der Waals surface area (Å²) in [7, 11) is -2.84. The van der Waals surface area contributed by atoms with Crippen LogP contribution in [-0.2, 0) is 9.84 Å². The molecule has 1 aliphatic rings. The van der Waals surface area contributed by atoms with Gasteiger partial charge in [-0.3, -0.25) is 4.90 Å². The highest BCUT2D eigenvalue weighted by Crippen LogP contribution is 2.17. The maximum Gasteiger partial charge on any atom is 0.150 e. The van der Waals surface area contributed by atoms with Crippen LogP contribution >= 0.6 is 12.2 Å². The molecule has 0 unspecified atom stereocenters. The molecule has 0 amide bonds. The maximum absolute atomic E-state index is 11.4. The minimum atomic E-state index is -2.84. The fraction of sp³-hybridized carbons (Fsp3) is 0.923. The van der Waals surface area contributed by atoms with Gasteiger partial charge in [0.1, 0.15) is 9.84 Å². The Morgan fingerprint density at radius 2 is 1.80 bits per heavy atom. The predicted molar refractivity (Wildman–Crippen MR) is 87.8 cm³/mol. The molecule has 7 heteroatoms. The molecule has 5 nitrogen and oxygen atoms in total. The molecule has 1 saturated heterocycles. The number of piperazine rings is 1. The molecule has 0 aromatic heterocycles. The second-order valence-corrected chi connectivity index (χ2v) is 8.75. The number of rotatable bonds is 7. The molecule has 0 atom stereocenters. The second-order valence-electron chi connectivity index (χ2n) is 5.84. The van der Waals surface area contributed by atoms with E-state index in [0.29, 0.717) is 10.7 Å².